The van der Waals surface area contributed by atoms with E-state index in [1.807, 2.05) is 0 Å². The Labute approximate surface area is 92.8 Å². The summed E-state index contributed by atoms with van der Waals surface area (Å²) >= 11 is 6.42. The normalized spacial score (nSPS) is 12.9. The third-order valence-electron chi connectivity index (χ3n) is 1.68. The average molecular weight is 311 g/mol. The lowest BCUT2D eigenvalue weighted by Gasteiger charge is -2.13. The molecule has 0 spiro atoms. The van der Waals surface area contributed by atoms with E-state index in [-0.39, 0.29) is 12.4 Å². The molecule has 0 amide bonds. The van der Waals surface area contributed by atoms with Crippen LogP contribution in [0.3, 0.4) is 0 Å². The third-order valence-corrected chi connectivity index (χ3v) is 3.01. The summed E-state index contributed by atoms with van der Waals surface area (Å²) in [6.07, 6.45) is 0. The van der Waals surface area contributed by atoms with Crippen LogP contribution in [0.15, 0.2) is 21.1 Å². The number of phenolic OH excluding ortho intramolecular Hbond substituents is 1. The molecule has 0 radical (unpaired) electrons. The van der Waals surface area contributed by atoms with E-state index in [1.54, 1.807) is 12.1 Å². The molecule has 0 unspecified atom stereocenters. The van der Waals surface area contributed by atoms with Crippen LogP contribution in [-0.4, -0.2) is 16.8 Å². The van der Waals surface area contributed by atoms with Crippen LogP contribution in [0.5, 0.6) is 5.75 Å². The van der Waals surface area contributed by atoms with E-state index in [0.717, 1.165) is 0 Å². The molecule has 0 fully saturated rings. The minimum atomic E-state index is -0.577. The molecule has 0 heterocycles. The predicted octanol–water partition coefficient (Wildman–Crippen LogP) is 1.91. The quantitative estimate of drug-likeness (QED) is 0.782. The van der Waals surface area contributed by atoms with Crippen LogP contribution in [-0.2, 0) is 0 Å². The largest absolute Gasteiger partial charge is 0.506 e. The van der Waals surface area contributed by atoms with Crippen molar-refractivity contribution in [2.75, 3.05) is 6.61 Å². The maximum Gasteiger partial charge on any atom is 0.135 e. The van der Waals surface area contributed by atoms with Crippen molar-refractivity contribution in [2.45, 2.75) is 6.04 Å². The van der Waals surface area contributed by atoms with Gasteiger partial charge in [0.2, 0.25) is 0 Å². The summed E-state index contributed by atoms with van der Waals surface area (Å²) in [6.45, 7) is -0.206. The molecule has 4 N–H and O–H groups in total. The SMILES string of the molecule is N[C@H](CO)c1c(Br)ccc(Br)c1O. The van der Waals surface area contributed by atoms with Crippen LogP contribution in [0.25, 0.3) is 0 Å². The fourth-order valence-corrected chi connectivity index (χ4v) is 1.96. The minimum Gasteiger partial charge on any atom is -0.506 e. The van der Waals surface area contributed by atoms with E-state index in [9.17, 15) is 5.11 Å². The monoisotopic (exact) mass is 309 g/mol. The fraction of sp³-hybridized carbons (Fsp3) is 0.250. The van der Waals surface area contributed by atoms with E-state index >= 15 is 0 Å². The molecule has 1 rings (SSSR count). The first kappa shape index (κ1) is 11.0. The van der Waals surface area contributed by atoms with Gasteiger partial charge >= 0.3 is 0 Å². The Morgan fingerprint density at radius 3 is 2.38 bits per heavy atom. The number of hydrogen-bond acceptors (Lipinski definition) is 3. The maximum atomic E-state index is 9.61. The van der Waals surface area contributed by atoms with E-state index in [2.05, 4.69) is 31.9 Å². The highest BCUT2D eigenvalue weighted by molar-refractivity contribution is 9.11. The highest BCUT2D eigenvalue weighted by Crippen LogP contribution is 2.36. The van der Waals surface area contributed by atoms with Gasteiger partial charge in [-0.3, -0.25) is 0 Å². The zero-order valence-electron chi connectivity index (χ0n) is 6.67. The van der Waals surface area contributed by atoms with Gasteiger partial charge in [0.1, 0.15) is 5.75 Å². The molecule has 0 aliphatic carbocycles. The summed E-state index contributed by atoms with van der Waals surface area (Å²) in [5, 5.41) is 18.5. The van der Waals surface area contributed by atoms with Crippen LogP contribution in [0.4, 0.5) is 0 Å². The summed E-state index contributed by atoms with van der Waals surface area (Å²) in [7, 11) is 0. The number of aliphatic hydroxyl groups excluding tert-OH is 1. The van der Waals surface area contributed by atoms with Gasteiger partial charge in [0, 0.05) is 10.0 Å². The van der Waals surface area contributed by atoms with E-state index in [4.69, 9.17) is 10.8 Å². The zero-order valence-corrected chi connectivity index (χ0v) is 9.84. The molecule has 72 valence electrons. The Kier molecular flexibility index (Phi) is 3.73. The topological polar surface area (TPSA) is 66.5 Å². The summed E-state index contributed by atoms with van der Waals surface area (Å²) in [5.74, 6) is 0.0657. The second-order valence-electron chi connectivity index (χ2n) is 2.58. The van der Waals surface area contributed by atoms with Gasteiger partial charge in [-0.15, -0.1) is 0 Å². The van der Waals surface area contributed by atoms with E-state index < -0.39 is 6.04 Å². The van der Waals surface area contributed by atoms with Gasteiger partial charge in [-0.05, 0) is 28.1 Å². The number of nitrogens with two attached hydrogens (primary N) is 1. The number of hydrogen-bond donors (Lipinski definition) is 3. The number of rotatable bonds is 2. The van der Waals surface area contributed by atoms with Crippen molar-refractivity contribution >= 4 is 31.9 Å². The lowest BCUT2D eigenvalue weighted by molar-refractivity contribution is 0.265. The number of benzene rings is 1. The molecule has 0 aliphatic rings. The van der Waals surface area contributed by atoms with Crippen molar-refractivity contribution < 1.29 is 10.2 Å². The number of halogens is 2. The Morgan fingerprint density at radius 1 is 1.31 bits per heavy atom. The summed E-state index contributed by atoms with van der Waals surface area (Å²) in [5.41, 5.74) is 6.11. The number of phenols is 1. The first-order valence-corrected chi connectivity index (χ1v) is 5.19. The van der Waals surface area contributed by atoms with Crippen LogP contribution in [0.1, 0.15) is 11.6 Å². The van der Waals surface area contributed by atoms with Crippen LogP contribution >= 0.6 is 31.9 Å². The van der Waals surface area contributed by atoms with Gasteiger partial charge in [0.15, 0.2) is 0 Å². The molecule has 1 aromatic rings. The van der Waals surface area contributed by atoms with Gasteiger partial charge in [-0.25, -0.2) is 0 Å². The second kappa shape index (κ2) is 4.41. The third kappa shape index (κ3) is 2.22. The van der Waals surface area contributed by atoms with Crippen LogP contribution < -0.4 is 5.73 Å². The highest BCUT2D eigenvalue weighted by Gasteiger charge is 2.15. The Hall–Kier alpha value is -0.100. The zero-order chi connectivity index (χ0) is 10.0. The molecule has 5 heteroatoms. The Morgan fingerprint density at radius 2 is 1.85 bits per heavy atom. The highest BCUT2D eigenvalue weighted by atomic mass is 79.9. The molecule has 0 bridgehead atoms. The molecular formula is C8H9Br2NO2. The van der Waals surface area contributed by atoms with E-state index in [0.29, 0.717) is 14.5 Å². The van der Waals surface area contributed by atoms with Crippen molar-refractivity contribution in [1.29, 1.82) is 0 Å². The molecule has 0 aliphatic heterocycles. The Balaban J connectivity index is 3.25. The first-order valence-electron chi connectivity index (χ1n) is 3.61. The van der Waals surface area contributed by atoms with Crippen molar-refractivity contribution in [2.24, 2.45) is 5.73 Å². The summed E-state index contributed by atoms with van der Waals surface area (Å²) < 4.78 is 1.25. The molecule has 13 heavy (non-hydrogen) atoms. The van der Waals surface area contributed by atoms with Crippen LogP contribution in [0, 0.1) is 0 Å². The maximum absolute atomic E-state index is 9.61. The van der Waals surface area contributed by atoms with Crippen molar-refractivity contribution in [3.8, 4) is 5.75 Å². The number of aliphatic hydroxyl groups is 1. The fourth-order valence-electron chi connectivity index (χ4n) is 1.00. The van der Waals surface area contributed by atoms with Gasteiger partial charge in [-0.1, -0.05) is 15.9 Å². The van der Waals surface area contributed by atoms with Crippen molar-refractivity contribution in [1.82, 2.24) is 0 Å². The molecular weight excluding hydrogens is 302 g/mol. The lowest BCUT2D eigenvalue weighted by Crippen LogP contribution is -2.15. The van der Waals surface area contributed by atoms with Crippen molar-refractivity contribution in [3.63, 3.8) is 0 Å². The molecule has 1 atom stereocenters. The molecule has 3 nitrogen and oxygen atoms in total. The molecule has 0 saturated heterocycles. The first-order chi connectivity index (χ1) is 6.07. The average Bonchev–Trinajstić information content (AvgIpc) is 2.12. The van der Waals surface area contributed by atoms with Gasteiger partial charge in [0.25, 0.3) is 0 Å². The lowest BCUT2D eigenvalue weighted by atomic mass is 10.1. The minimum absolute atomic E-state index is 0.0657. The summed E-state index contributed by atoms with van der Waals surface area (Å²) in [4.78, 5) is 0. The molecule has 0 aromatic heterocycles. The standard InChI is InChI=1S/C8H9Br2NO2/c9-4-1-2-5(10)8(13)7(4)6(11)3-12/h1-2,6,12-13H,3,11H2/t6-/m1/s1. The predicted molar refractivity (Wildman–Crippen MR) is 57.5 cm³/mol. The molecule has 1 aromatic carbocycles. The van der Waals surface area contributed by atoms with E-state index in [1.165, 1.54) is 0 Å². The van der Waals surface area contributed by atoms with Crippen molar-refractivity contribution in [3.05, 3.63) is 26.6 Å². The van der Waals surface area contributed by atoms with Crippen LogP contribution in [0.2, 0.25) is 0 Å². The van der Waals surface area contributed by atoms with Gasteiger partial charge in [-0.2, -0.15) is 0 Å². The summed E-state index contributed by atoms with van der Waals surface area (Å²) in [6, 6.07) is 2.88. The Bertz CT molecular complexity index is 317. The van der Waals surface area contributed by atoms with Gasteiger partial charge < -0.3 is 15.9 Å². The molecule has 0 saturated carbocycles. The number of aromatic hydroxyl groups is 1. The van der Waals surface area contributed by atoms with Gasteiger partial charge in [0.05, 0.1) is 17.1 Å². The smallest absolute Gasteiger partial charge is 0.135 e. The second-order valence-corrected chi connectivity index (χ2v) is 4.29.